The van der Waals surface area contributed by atoms with Gasteiger partial charge in [-0.15, -0.1) is 0 Å². The smallest absolute Gasteiger partial charge is 0.344 e. The summed E-state index contributed by atoms with van der Waals surface area (Å²) < 4.78 is 3.98. The first kappa shape index (κ1) is 13.7. The molecule has 13 heavy (non-hydrogen) atoms. The molecule has 0 atom stereocenters. The molecule has 0 unspecified atom stereocenters. The molecule has 0 saturated carbocycles. The predicted octanol–water partition coefficient (Wildman–Crippen LogP) is 3.72. The highest BCUT2D eigenvalue weighted by molar-refractivity contribution is 9.40. The lowest BCUT2D eigenvalue weighted by molar-refractivity contribution is -0.141. The third-order valence-corrected chi connectivity index (χ3v) is 2.12. The Morgan fingerprint density at radius 2 is 2.00 bits per heavy atom. The van der Waals surface area contributed by atoms with Gasteiger partial charge < -0.3 is 4.74 Å². The maximum absolute atomic E-state index is 11.1. The first-order valence-electron chi connectivity index (χ1n) is 3.87. The standard InChI is InChI=1S/C8H11Br3O2/c1-2-3-4-5-6-13-7(12)8(9,10)11/h3-4H,2,5-6H2,1H3/b4-3+. The fraction of sp³-hybridized carbons (Fsp3) is 0.625. The second-order valence-corrected chi connectivity index (χ2v) is 9.06. The molecule has 0 rings (SSSR count). The van der Waals surface area contributed by atoms with Gasteiger partial charge in [-0.05, 0) is 60.6 Å². The Morgan fingerprint density at radius 3 is 2.46 bits per heavy atom. The van der Waals surface area contributed by atoms with Gasteiger partial charge in [0, 0.05) is 0 Å². The Hall–Kier alpha value is 0.650. The molecule has 0 radical (unpaired) electrons. The number of esters is 1. The molecule has 0 aliphatic carbocycles. The molecule has 0 fully saturated rings. The van der Waals surface area contributed by atoms with Crippen molar-refractivity contribution in [2.24, 2.45) is 0 Å². The molecule has 76 valence electrons. The molecule has 0 aromatic rings. The second-order valence-electron chi connectivity index (χ2n) is 2.30. The van der Waals surface area contributed by atoms with Gasteiger partial charge in [0.2, 0.25) is 2.14 Å². The van der Waals surface area contributed by atoms with E-state index in [9.17, 15) is 4.79 Å². The Labute approximate surface area is 103 Å². The Morgan fingerprint density at radius 1 is 1.38 bits per heavy atom. The van der Waals surface area contributed by atoms with E-state index in [0.717, 1.165) is 12.8 Å². The van der Waals surface area contributed by atoms with Gasteiger partial charge in [0.1, 0.15) is 0 Å². The number of alkyl halides is 3. The summed E-state index contributed by atoms with van der Waals surface area (Å²) in [6, 6.07) is 0. The van der Waals surface area contributed by atoms with Crippen molar-refractivity contribution in [3.8, 4) is 0 Å². The van der Waals surface area contributed by atoms with Crippen molar-refractivity contribution < 1.29 is 9.53 Å². The van der Waals surface area contributed by atoms with Gasteiger partial charge in [-0.3, -0.25) is 0 Å². The highest BCUT2D eigenvalue weighted by atomic mass is 80.0. The topological polar surface area (TPSA) is 26.3 Å². The van der Waals surface area contributed by atoms with Crippen molar-refractivity contribution in [3.05, 3.63) is 12.2 Å². The lowest BCUT2D eigenvalue weighted by atomic mass is 10.3. The van der Waals surface area contributed by atoms with E-state index in [1.165, 1.54) is 0 Å². The van der Waals surface area contributed by atoms with Crippen LogP contribution in [0.1, 0.15) is 19.8 Å². The van der Waals surface area contributed by atoms with Gasteiger partial charge in [0.05, 0.1) is 6.61 Å². The van der Waals surface area contributed by atoms with Crippen LogP contribution in [0.3, 0.4) is 0 Å². The molecule has 2 nitrogen and oxygen atoms in total. The minimum Gasteiger partial charge on any atom is -0.463 e. The monoisotopic (exact) mass is 376 g/mol. The van der Waals surface area contributed by atoms with Gasteiger partial charge >= 0.3 is 5.97 Å². The van der Waals surface area contributed by atoms with Crippen molar-refractivity contribution >= 4 is 53.8 Å². The molecule has 0 aromatic carbocycles. The number of hydrogen-bond acceptors (Lipinski definition) is 2. The normalized spacial score (nSPS) is 12.0. The summed E-state index contributed by atoms with van der Waals surface area (Å²) in [6.45, 7) is 2.46. The number of rotatable bonds is 4. The fourth-order valence-electron chi connectivity index (χ4n) is 0.586. The van der Waals surface area contributed by atoms with E-state index in [0.29, 0.717) is 6.61 Å². The number of halogens is 3. The maximum atomic E-state index is 11.1. The highest BCUT2D eigenvalue weighted by Crippen LogP contribution is 2.34. The predicted molar refractivity (Wildman–Crippen MR) is 64.5 cm³/mol. The van der Waals surface area contributed by atoms with Gasteiger partial charge in [0.25, 0.3) is 0 Å². The summed E-state index contributed by atoms with van der Waals surface area (Å²) in [5.41, 5.74) is 0. The summed E-state index contributed by atoms with van der Waals surface area (Å²) in [5.74, 6) is -0.377. The van der Waals surface area contributed by atoms with Crippen molar-refractivity contribution in [2.45, 2.75) is 21.9 Å². The Kier molecular flexibility index (Phi) is 7.36. The quantitative estimate of drug-likeness (QED) is 0.322. The van der Waals surface area contributed by atoms with Gasteiger partial charge in [0.15, 0.2) is 0 Å². The fourth-order valence-corrected chi connectivity index (χ4v) is 0.929. The second kappa shape index (κ2) is 7.01. The summed E-state index contributed by atoms with van der Waals surface area (Å²) in [4.78, 5) is 11.1. The first-order valence-corrected chi connectivity index (χ1v) is 6.25. The third kappa shape index (κ3) is 7.70. The molecule has 0 amide bonds. The average molecular weight is 379 g/mol. The van der Waals surface area contributed by atoms with Crippen LogP contribution in [0.4, 0.5) is 0 Å². The molecule has 0 heterocycles. The Balaban J connectivity index is 3.55. The van der Waals surface area contributed by atoms with Crippen LogP contribution in [0.2, 0.25) is 0 Å². The SMILES string of the molecule is CC/C=C/CCOC(=O)C(Br)(Br)Br. The zero-order chi connectivity index (χ0) is 10.3. The summed E-state index contributed by atoms with van der Waals surface area (Å²) in [5, 5.41) is 0. The number of carbonyl (C=O) groups excluding carboxylic acids is 1. The van der Waals surface area contributed by atoms with Crippen LogP contribution in [0.25, 0.3) is 0 Å². The van der Waals surface area contributed by atoms with E-state index in [4.69, 9.17) is 4.74 Å². The van der Waals surface area contributed by atoms with Crippen LogP contribution in [0.5, 0.6) is 0 Å². The molecule has 0 saturated heterocycles. The molecular weight excluding hydrogens is 368 g/mol. The van der Waals surface area contributed by atoms with Crippen molar-refractivity contribution in [3.63, 3.8) is 0 Å². The van der Waals surface area contributed by atoms with E-state index >= 15 is 0 Å². The minimum atomic E-state index is -0.943. The molecular formula is C8H11Br3O2. The Bertz CT molecular complexity index is 184. The van der Waals surface area contributed by atoms with Crippen LogP contribution in [0.15, 0.2) is 12.2 Å². The van der Waals surface area contributed by atoms with Crippen molar-refractivity contribution in [1.82, 2.24) is 0 Å². The molecule has 0 aromatic heterocycles. The maximum Gasteiger partial charge on any atom is 0.344 e. The van der Waals surface area contributed by atoms with Gasteiger partial charge in [-0.1, -0.05) is 19.1 Å². The van der Waals surface area contributed by atoms with E-state index in [2.05, 4.69) is 54.7 Å². The van der Waals surface area contributed by atoms with Crippen LogP contribution < -0.4 is 0 Å². The summed E-state index contributed by atoms with van der Waals surface area (Å²) >= 11 is 9.20. The number of carbonyl (C=O) groups is 1. The molecule has 0 spiro atoms. The van der Waals surface area contributed by atoms with Crippen LogP contribution in [-0.2, 0) is 9.53 Å². The lowest BCUT2D eigenvalue weighted by Gasteiger charge is -2.10. The van der Waals surface area contributed by atoms with Crippen LogP contribution >= 0.6 is 47.8 Å². The van der Waals surface area contributed by atoms with E-state index < -0.39 is 2.14 Å². The molecule has 0 aliphatic heterocycles. The van der Waals surface area contributed by atoms with Crippen LogP contribution in [0, 0.1) is 0 Å². The van der Waals surface area contributed by atoms with Gasteiger partial charge in [-0.25, -0.2) is 4.79 Å². The summed E-state index contributed by atoms with van der Waals surface area (Å²) in [7, 11) is 0. The number of hydrogen-bond donors (Lipinski definition) is 0. The zero-order valence-electron chi connectivity index (χ0n) is 7.23. The van der Waals surface area contributed by atoms with Gasteiger partial charge in [-0.2, -0.15) is 0 Å². The lowest BCUT2D eigenvalue weighted by Crippen LogP contribution is -2.20. The minimum absolute atomic E-state index is 0.377. The van der Waals surface area contributed by atoms with Crippen molar-refractivity contribution in [1.29, 1.82) is 0 Å². The first-order chi connectivity index (χ1) is 5.98. The largest absolute Gasteiger partial charge is 0.463 e. The molecule has 0 aliphatic rings. The molecule has 0 N–H and O–H groups in total. The van der Waals surface area contributed by atoms with E-state index in [1.54, 1.807) is 0 Å². The average Bonchev–Trinajstić information content (AvgIpc) is 2.02. The third-order valence-electron chi connectivity index (χ3n) is 1.15. The summed E-state index contributed by atoms with van der Waals surface area (Å²) in [6.07, 6.45) is 5.79. The number of ether oxygens (including phenoxy) is 1. The van der Waals surface area contributed by atoms with Crippen LogP contribution in [-0.4, -0.2) is 14.7 Å². The molecule has 0 bridgehead atoms. The van der Waals surface area contributed by atoms with E-state index in [1.807, 2.05) is 12.2 Å². The zero-order valence-corrected chi connectivity index (χ0v) is 12.0. The highest BCUT2D eigenvalue weighted by Gasteiger charge is 2.30. The molecule has 5 heteroatoms. The van der Waals surface area contributed by atoms with Crippen molar-refractivity contribution in [2.75, 3.05) is 6.61 Å². The number of allylic oxidation sites excluding steroid dienone is 1. The van der Waals surface area contributed by atoms with E-state index in [-0.39, 0.29) is 5.97 Å².